The molecule has 110 valence electrons. The largest absolute Gasteiger partial charge is 0.480 e. The molecule has 4 nitrogen and oxygen atoms in total. The molecule has 0 aliphatic carbocycles. The number of nitrogens with one attached hydrogen (secondary N) is 1. The Morgan fingerprint density at radius 2 is 2.10 bits per heavy atom. The second-order valence-electron chi connectivity index (χ2n) is 5.07. The highest BCUT2D eigenvalue weighted by atomic mass is 79.9. The standard InChI is InChI=1S/C15H20BrNO3/c1-3-9-15(2,14(19)20)17-13(18)8-7-11-5-4-6-12(16)10-11/h4-6,10H,3,7-9H2,1-2H3,(H,17,18)(H,19,20). The van der Waals surface area contributed by atoms with Gasteiger partial charge in [0.2, 0.25) is 5.91 Å². The molecule has 20 heavy (non-hydrogen) atoms. The molecular weight excluding hydrogens is 322 g/mol. The molecule has 1 atom stereocenters. The second kappa shape index (κ2) is 7.43. The van der Waals surface area contributed by atoms with Crippen molar-refractivity contribution in [2.45, 2.75) is 45.1 Å². The Morgan fingerprint density at radius 1 is 1.40 bits per heavy atom. The van der Waals surface area contributed by atoms with Gasteiger partial charge >= 0.3 is 5.97 Å². The second-order valence-corrected chi connectivity index (χ2v) is 5.98. The van der Waals surface area contributed by atoms with Crippen LogP contribution < -0.4 is 5.32 Å². The number of carbonyl (C=O) groups is 2. The summed E-state index contributed by atoms with van der Waals surface area (Å²) in [6.07, 6.45) is 2.00. The highest BCUT2D eigenvalue weighted by Gasteiger charge is 2.33. The minimum Gasteiger partial charge on any atom is -0.480 e. The lowest BCUT2D eigenvalue weighted by Crippen LogP contribution is -2.52. The fraction of sp³-hybridized carbons (Fsp3) is 0.467. The fourth-order valence-corrected chi connectivity index (χ4v) is 2.49. The molecule has 0 saturated heterocycles. The maximum atomic E-state index is 11.9. The Bertz CT molecular complexity index is 490. The topological polar surface area (TPSA) is 66.4 Å². The summed E-state index contributed by atoms with van der Waals surface area (Å²) >= 11 is 3.38. The van der Waals surface area contributed by atoms with Gasteiger partial charge in [-0.05, 0) is 37.5 Å². The molecule has 1 amide bonds. The first-order chi connectivity index (χ1) is 9.37. The minimum absolute atomic E-state index is 0.233. The molecule has 5 heteroatoms. The Balaban J connectivity index is 2.56. The van der Waals surface area contributed by atoms with Gasteiger partial charge in [0.25, 0.3) is 0 Å². The molecule has 0 saturated carbocycles. The highest BCUT2D eigenvalue weighted by Crippen LogP contribution is 2.15. The van der Waals surface area contributed by atoms with Crippen molar-refractivity contribution in [2.24, 2.45) is 0 Å². The summed E-state index contributed by atoms with van der Waals surface area (Å²) in [6, 6.07) is 7.73. The molecule has 2 N–H and O–H groups in total. The van der Waals surface area contributed by atoms with Crippen LogP contribution in [0.3, 0.4) is 0 Å². The summed E-state index contributed by atoms with van der Waals surface area (Å²) in [4.78, 5) is 23.2. The van der Waals surface area contributed by atoms with Gasteiger partial charge in [0.05, 0.1) is 0 Å². The first-order valence-corrected chi connectivity index (χ1v) is 7.45. The summed E-state index contributed by atoms with van der Waals surface area (Å²) in [5, 5.41) is 11.8. The SMILES string of the molecule is CCCC(C)(NC(=O)CCc1cccc(Br)c1)C(=O)O. The molecule has 0 heterocycles. The van der Waals surface area contributed by atoms with E-state index >= 15 is 0 Å². The predicted octanol–water partition coefficient (Wildman–Crippen LogP) is 3.14. The van der Waals surface area contributed by atoms with Gasteiger partial charge in [0.15, 0.2) is 0 Å². The van der Waals surface area contributed by atoms with Gasteiger partial charge in [-0.15, -0.1) is 0 Å². The molecule has 0 aliphatic heterocycles. The monoisotopic (exact) mass is 341 g/mol. The third-order valence-corrected chi connectivity index (χ3v) is 3.66. The molecule has 1 unspecified atom stereocenters. The molecule has 0 aromatic heterocycles. The molecule has 0 fully saturated rings. The van der Waals surface area contributed by atoms with E-state index in [1.54, 1.807) is 6.92 Å². The molecule has 1 rings (SSSR count). The van der Waals surface area contributed by atoms with Crippen LogP contribution in [0.4, 0.5) is 0 Å². The van der Waals surface area contributed by atoms with E-state index in [0.717, 1.165) is 10.0 Å². The van der Waals surface area contributed by atoms with Crippen molar-refractivity contribution in [1.82, 2.24) is 5.32 Å². The lowest BCUT2D eigenvalue weighted by molar-refractivity contribution is -0.147. The average Bonchev–Trinajstić information content (AvgIpc) is 2.36. The van der Waals surface area contributed by atoms with Crippen LogP contribution in [0.2, 0.25) is 0 Å². The van der Waals surface area contributed by atoms with Crippen LogP contribution in [-0.2, 0) is 16.0 Å². The van der Waals surface area contributed by atoms with Crippen LogP contribution in [0.1, 0.15) is 38.7 Å². The maximum Gasteiger partial charge on any atom is 0.329 e. The van der Waals surface area contributed by atoms with Gasteiger partial charge < -0.3 is 10.4 Å². The van der Waals surface area contributed by atoms with Gasteiger partial charge in [-0.25, -0.2) is 4.79 Å². The summed E-state index contributed by atoms with van der Waals surface area (Å²) in [5.74, 6) is -1.22. The number of amides is 1. The smallest absolute Gasteiger partial charge is 0.329 e. The molecule has 0 spiro atoms. The number of carbonyl (C=O) groups excluding carboxylic acids is 1. The van der Waals surface area contributed by atoms with Crippen molar-refractivity contribution in [1.29, 1.82) is 0 Å². The van der Waals surface area contributed by atoms with E-state index in [0.29, 0.717) is 19.3 Å². The Labute approximate surface area is 127 Å². The van der Waals surface area contributed by atoms with Crippen molar-refractivity contribution >= 4 is 27.8 Å². The third-order valence-electron chi connectivity index (χ3n) is 3.17. The summed E-state index contributed by atoms with van der Waals surface area (Å²) in [7, 11) is 0. The summed E-state index contributed by atoms with van der Waals surface area (Å²) < 4.78 is 0.969. The van der Waals surface area contributed by atoms with Crippen molar-refractivity contribution in [2.75, 3.05) is 0 Å². The fourth-order valence-electron chi connectivity index (χ4n) is 2.04. The zero-order chi connectivity index (χ0) is 15.2. The van der Waals surface area contributed by atoms with Crippen molar-refractivity contribution in [3.8, 4) is 0 Å². The lowest BCUT2D eigenvalue weighted by atomic mass is 9.96. The zero-order valence-corrected chi connectivity index (χ0v) is 13.4. The van der Waals surface area contributed by atoms with Crippen LogP contribution in [-0.4, -0.2) is 22.5 Å². The minimum atomic E-state index is -1.18. The number of carboxylic acids is 1. The van der Waals surface area contributed by atoms with E-state index in [9.17, 15) is 14.7 Å². The third kappa shape index (κ3) is 4.96. The number of aryl methyl sites for hydroxylation is 1. The molecule has 1 aromatic rings. The maximum absolute atomic E-state index is 11.9. The normalized spacial score (nSPS) is 13.6. The Kier molecular flexibility index (Phi) is 6.20. The molecule has 0 bridgehead atoms. The van der Waals surface area contributed by atoms with Gasteiger partial charge in [-0.2, -0.15) is 0 Å². The van der Waals surface area contributed by atoms with Crippen molar-refractivity contribution < 1.29 is 14.7 Å². The van der Waals surface area contributed by atoms with Gasteiger partial charge in [-0.3, -0.25) is 4.79 Å². The van der Waals surface area contributed by atoms with E-state index in [1.807, 2.05) is 31.2 Å². The number of benzene rings is 1. The molecule has 0 radical (unpaired) electrons. The van der Waals surface area contributed by atoms with E-state index in [4.69, 9.17) is 0 Å². The van der Waals surface area contributed by atoms with Gasteiger partial charge in [0.1, 0.15) is 5.54 Å². The van der Waals surface area contributed by atoms with E-state index < -0.39 is 11.5 Å². The zero-order valence-electron chi connectivity index (χ0n) is 11.8. The first kappa shape index (κ1) is 16.7. The van der Waals surface area contributed by atoms with Gasteiger partial charge in [-0.1, -0.05) is 41.4 Å². The van der Waals surface area contributed by atoms with Crippen LogP contribution >= 0.6 is 15.9 Å². The van der Waals surface area contributed by atoms with Crippen LogP contribution in [0.25, 0.3) is 0 Å². The van der Waals surface area contributed by atoms with Gasteiger partial charge in [0, 0.05) is 10.9 Å². The number of aliphatic carboxylic acids is 1. The van der Waals surface area contributed by atoms with Crippen molar-refractivity contribution in [3.05, 3.63) is 34.3 Å². The van der Waals surface area contributed by atoms with Crippen LogP contribution in [0.15, 0.2) is 28.7 Å². The van der Waals surface area contributed by atoms with Crippen LogP contribution in [0.5, 0.6) is 0 Å². The molecular formula is C15H20BrNO3. The number of rotatable bonds is 7. The molecule has 0 aliphatic rings. The van der Waals surface area contributed by atoms with E-state index in [2.05, 4.69) is 21.2 Å². The quantitative estimate of drug-likeness (QED) is 0.800. The average molecular weight is 342 g/mol. The lowest BCUT2D eigenvalue weighted by Gasteiger charge is -2.25. The number of carboxylic acid groups (broad SMARTS) is 1. The summed E-state index contributed by atoms with van der Waals surface area (Å²) in [6.45, 7) is 3.45. The first-order valence-electron chi connectivity index (χ1n) is 6.66. The number of hydrogen-bond donors (Lipinski definition) is 2. The van der Waals surface area contributed by atoms with E-state index in [1.165, 1.54) is 0 Å². The van der Waals surface area contributed by atoms with Crippen LogP contribution in [0, 0.1) is 0 Å². The van der Waals surface area contributed by atoms with Crippen molar-refractivity contribution in [3.63, 3.8) is 0 Å². The highest BCUT2D eigenvalue weighted by molar-refractivity contribution is 9.10. The Morgan fingerprint density at radius 3 is 2.65 bits per heavy atom. The summed E-state index contributed by atoms with van der Waals surface area (Å²) in [5.41, 5.74) is -0.134. The molecule has 1 aromatic carbocycles. The Hall–Kier alpha value is -1.36. The van der Waals surface area contributed by atoms with E-state index in [-0.39, 0.29) is 12.3 Å². The number of hydrogen-bond acceptors (Lipinski definition) is 2. The number of halogens is 1. The predicted molar refractivity (Wildman–Crippen MR) is 81.6 cm³/mol.